The van der Waals surface area contributed by atoms with E-state index in [0.29, 0.717) is 32.5 Å². The van der Waals surface area contributed by atoms with Gasteiger partial charge in [-0.25, -0.2) is 4.90 Å². The summed E-state index contributed by atoms with van der Waals surface area (Å²) in [6.45, 7) is 0. The molecule has 3 fully saturated rings. The minimum Gasteiger partial charge on any atom is -0.508 e. The maximum atomic E-state index is 15.2. The number of allylic oxidation sites excluding steroid dienone is 2. The minimum atomic E-state index is -1.46. The fraction of sp³-hybridized carbons (Fsp3) is 0.211. The first-order chi connectivity index (χ1) is 23.1. The van der Waals surface area contributed by atoms with E-state index >= 15 is 4.79 Å². The van der Waals surface area contributed by atoms with Crippen LogP contribution in [0, 0.1) is 23.7 Å². The Kier molecular flexibility index (Phi) is 7.29. The molecule has 1 N–H and O–H groups in total. The third-order valence-electron chi connectivity index (χ3n) is 10.5. The monoisotopic (exact) mass is 696 g/mol. The van der Waals surface area contributed by atoms with Crippen molar-refractivity contribution in [2.75, 3.05) is 9.80 Å². The van der Waals surface area contributed by atoms with E-state index < -0.39 is 46.8 Å². The quantitative estimate of drug-likeness (QED) is 0.174. The van der Waals surface area contributed by atoms with Crippen molar-refractivity contribution in [1.29, 1.82) is 0 Å². The maximum absolute atomic E-state index is 15.2. The SMILES string of the molecule is O=C1C2CC=C3C(CC4C(=O)N(c5cccc(Cl)c5)C(=O)C4(c4ccccc4)C3c3ccc(O)cc3Cl)C2C(=O)N1c1ccc(Cl)cc1. The number of phenolic OH excluding ortho intramolecular Hbond substituents is 1. The van der Waals surface area contributed by atoms with E-state index in [4.69, 9.17) is 34.8 Å². The highest BCUT2D eigenvalue weighted by atomic mass is 35.5. The van der Waals surface area contributed by atoms with E-state index in [2.05, 4.69) is 0 Å². The largest absolute Gasteiger partial charge is 0.508 e. The molecule has 2 aliphatic carbocycles. The molecule has 6 atom stereocenters. The zero-order valence-electron chi connectivity index (χ0n) is 25.2. The summed E-state index contributed by atoms with van der Waals surface area (Å²) in [6.07, 6.45) is 2.40. The Labute approximate surface area is 291 Å². The van der Waals surface area contributed by atoms with Gasteiger partial charge in [0.2, 0.25) is 23.6 Å². The lowest BCUT2D eigenvalue weighted by molar-refractivity contribution is -0.127. The average molecular weight is 698 g/mol. The lowest BCUT2D eigenvalue weighted by Gasteiger charge is -2.51. The third-order valence-corrected chi connectivity index (χ3v) is 11.4. The van der Waals surface area contributed by atoms with Crippen LogP contribution in [0.25, 0.3) is 0 Å². The molecule has 4 aromatic carbocycles. The molecule has 0 aromatic heterocycles. The topological polar surface area (TPSA) is 95.0 Å². The third kappa shape index (κ3) is 4.34. The van der Waals surface area contributed by atoms with E-state index in [-0.39, 0.29) is 35.4 Å². The zero-order valence-corrected chi connectivity index (χ0v) is 27.5. The van der Waals surface area contributed by atoms with Crippen molar-refractivity contribution in [3.63, 3.8) is 0 Å². The molecule has 0 bridgehead atoms. The van der Waals surface area contributed by atoms with Crippen molar-refractivity contribution in [3.05, 3.63) is 135 Å². The maximum Gasteiger partial charge on any atom is 0.246 e. The highest BCUT2D eigenvalue weighted by Gasteiger charge is 2.70. The van der Waals surface area contributed by atoms with Crippen LogP contribution in [-0.2, 0) is 24.6 Å². The van der Waals surface area contributed by atoms with Gasteiger partial charge >= 0.3 is 0 Å². The molecule has 240 valence electrons. The van der Waals surface area contributed by atoms with Crippen LogP contribution < -0.4 is 9.80 Å². The molecule has 2 heterocycles. The van der Waals surface area contributed by atoms with Gasteiger partial charge in [0.1, 0.15) is 5.75 Å². The van der Waals surface area contributed by atoms with E-state index in [9.17, 15) is 19.5 Å². The Morgan fingerprint density at radius 2 is 1.44 bits per heavy atom. The smallest absolute Gasteiger partial charge is 0.246 e. The van der Waals surface area contributed by atoms with Gasteiger partial charge in [-0.05, 0) is 84.5 Å². The summed E-state index contributed by atoms with van der Waals surface area (Å²) < 4.78 is 0. The van der Waals surface area contributed by atoms with Crippen LogP contribution in [0.2, 0.25) is 15.1 Å². The number of carbonyl (C=O) groups excluding carboxylic acids is 4. The normalized spacial score (nSPS) is 27.9. The molecule has 0 spiro atoms. The molecule has 4 aromatic rings. The number of anilines is 2. The van der Waals surface area contributed by atoms with Crippen molar-refractivity contribution >= 4 is 69.8 Å². The molecule has 0 radical (unpaired) electrons. The van der Waals surface area contributed by atoms with Gasteiger partial charge in [0, 0.05) is 21.0 Å². The number of phenols is 1. The van der Waals surface area contributed by atoms with Crippen LogP contribution in [0.4, 0.5) is 11.4 Å². The molecule has 1 saturated carbocycles. The number of aromatic hydroxyl groups is 1. The molecule has 2 aliphatic heterocycles. The van der Waals surface area contributed by atoms with Crippen molar-refractivity contribution in [1.82, 2.24) is 0 Å². The molecule has 4 aliphatic rings. The molecule has 7 nitrogen and oxygen atoms in total. The number of nitrogens with zero attached hydrogens (tertiary/aromatic N) is 2. The molecular formula is C38H27Cl3N2O5. The molecule has 8 rings (SSSR count). The van der Waals surface area contributed by atoms with E-state index in [1.165, 1.54) is 21.9 Å². The molecule has 10 heteroatoms. The van der Waals surface area contributed by atoms with Crippen LogP contribution >= 0.6 is 34.8 Å². The number of halogens is 3. The first-order valence-corrected chi connectivity index (χ1v) is 16.8. The Hall–Kier alpha value is -4.43. The molecule has 2 saturated heterocycles. The summed E-state index contributed by atoms with van der Waals surface area (Å²) in [4.78, 5) is 60.7. The Morgan fingerprint density at radius 1 is 0.688 bits per heavy atom. The van der Waals surface area contributed by atoms with Crippen LogP contribution in [0.1, 0.15) is 29.9 Å². The summed E-state index contributed by atoms with van der Waals surface area (Å²) in [5.74, 6) is -5.24. The van der Waals surface area contributed by atoms with Gasteiger partial charge in [-0.15, -0.1) is 0 Å². The summed E-state index contributed by atoms with van der Waals surface area (Å²) in [7, 11) is 0. The van der Waals surface area contributed by atoms with E-state index in [1.807, 2.05) is 36.4 Å². The Morgan fingerprint density at radius 3 is 2.15 bits per heavy atom. The summed E-state index contributed by atoms with van der Waals surface area (Å²) >= 11 is 19.4. The standard InChI is InChI=1S/C38H27Cl3N2O5/c39-21-9-11-23(12-10-21)42-34(45)28-16-15-26-29(32(28)36(42)47)19-30-35(46)43(24-8-4-7-22(40)17-24)37(48)38(30,20-5-2-1-3-6-20)33(26)27-14-13-25(44)18-31(27)41/h1-15,17-18,28-30,32-33,44H,16,19H2. The van der Waals surface area contributed by atoms with E-state index in [1.54, 1.807) is 54.6 Å². The lowest BCUT2D eigenvalue weighted by Crippen LogP contribution is -2.53. The number of fused-ring (bicyclic) bond motifs is 4. The van der Waals surface area contributed by atoms with Crippen molar-refractivity contribution in [3.8, 4) is 5.75 Å². The molecule has 48 heavy (non-hydrogen) atoms. The number of benzene rings is 4. The van der Waals surface area contributed by atoms with Crippen LogP contribution in [0.15, 0.2) is 109 Å². The summed E-state index contributed by atoms with van der Waals surface area (Å²) in [5.41, 5.74) is 1.25. The Bertz CT molecular complexity index is 2070. The van der Waals surface area contributed by atoms with Crippen molar-refractivity contribution < 1.29 is 24.3 Å². The fourth-order valence-corrected chi connectivity index (χ4v) is 9.28. The second-order valence-electron chi connectivity index (χ2n) is 12.8. The predicted octanol–water partition coefficient (Wildman–Crippen LogP) is 7.72. The number of rotatable bonds is 4. The lowest BCUT2D eigenvalue weighted by atomic mass is 9.49. The minimum absolute atomic E-state index is 0.0522. The molecule has 4 amide bonds. The van der Waals surface area contributed by atoms with Crippen molar-refractivity contribution in [2.24, 2.45) is 23.7 Å². The second kappa shape index (κ2) is 11.3. The second-order valence-corrected chi connectivity index (χ2v) is 14.1. The van der Waals surface area contributed by atoms with Gasteiger partial charge < -0.3 is 5.11 Å². The highest BCUT2D eigenvalue weighted by Crippen LogP contribution is 2.65. The fourth-order valence-electron chi connectivity index (χ4n) is 8.68. The first kappa shape index (κ1) is 30.9. The van der Waals surface area contributed by atoms with Gasteiger partial charge in [-0.3, -0.25) is 24.1 Å². The zero-order chi connectivity index (χ0) is 33.5. The van der Waals surface area contributed by atoms with Gasteiger partial charge in [-0.2, -0.15) is 0 Å². The highest BCUT2D eigenvalue weighted by molar-refractivity contribution is 6.33. The van der Waals surface area contributed by atoms with Gasteiger partial charge in [-0.1, -0.05) is 88.9 Å². The number of hydrogen-bond acceptors (Lipinski definition) is 5. The number of hydrogen-bond donors (Lipinski definition) is 1. The van der Waals surface area contributed by atoms with Crippen molar-refractivity contribution in [2.45, 2.75) is 24.2 Å². The number of amides is 4. The van der Waals surface area contributed by atoms with Crippen LogP contribution in [0.3, 0.4) is 0 Å². The van der Waals surface area contributed by atoms with Crippen LogP contribution in [0.5, 0.6) is 5.75 Å². The summed E-state index contributed by atoms with van der Waals surface area (Å²) in [6, 6.07) is 27.0. The van der Waals surface area contributed by atoms with E-state index in [0.717, 1.165) is 5.57 Å². The Balaban J connectivity index is 1.36. The van der Waals surface area contributed by atoms with Gasteiger partial charge in [0.25, 0.3) is 0 Å². The molecular weight excluding hydrogens is 671 g/mol. The number of carbonyl (C=O) groups is 4. The first-order valence-electron chi connectivity index (χ1n) is 15.6. The predicted molar refractivity (Wildman–Crippen MR) is 183 cm³/mol. The van der Waals surface area contributed by atoms with Crippen LogP contribution in [-0.4, -0.2) is 28.7 Å². The average Bonchev–Trinajstić information content (AvgIpc) is 3.46. The van der Waals surface area contributed by atoms with Gasteiger partial charge in [0.15, 0.2) is 0 Å². The summed E-state index contributed by atoms with van der Waals surface area (Å²) in [5, 5.41) is 11.4. The molecule has 6 unspecified atom stereocenters. The number of imide groups is 2. The van der Waals surface area contributed by atoms with Gasteiger partial charge in [0.05, 0.1) is 34.5 Å².